The van der Waals surface area contributed by atoms with E-state index in [1.54, 1.807) is 26.0 Å². The molecule has 1 amide bonds. The molecule has 2 aromatic rings. The third kappa shape index (κ3) is 6.46. The van der Waals surface area contributed by atoms with Gasteiger partial charge in [-0.25, -0.2) is 0 Å². The molecular formula is C22H31N2O3S+. The predicted molar refractivity (Wildman–Crippen MR) is 115 cm³/mol. The van der Waals surface area contributed by atoms with E-state index in [-0.39, 0.29) is 5.91 Å². The third-order valence-electron chi connectivity index (χ3n) is 4.47. The van der Waals surface area contributed by atoms with Gasteiger partial charge in [-0.05, 0) is 35.7 Å². The van der Waals surface area contributed by atoms with Crippen molar-refractivity contribution >= 4 is 17.7 Å². The average molecular weight is 404 g/mol. The van der Waals surface area contributed by atoms with Crippen molar-refractivity contribution in [2.45, 2.75) is 25.8 Å². The number of benzene rings is 2. The Morgan fingerprint density at radius 3 is 2.32 bits per heavy atom. The summed E-state index contributed by atoms with van der Waals surface area (Å²) < 4.78 is 10.7. The minimum atomic E-state index is 0.0510. The number of carbonyl (C=O) groups excluding carboxylic acids is 1. The highest BCUT2D eigenvalue weighted by molar-refractivity contribution is 7.99. The zero-order valence-electron chi connectivity index (χ0n) is 17.4. The summed E-state index contributed by atoms with van der Waals surface area (Å²) in [5, 5.41) is 3.04. The van der Waals surface area contributed by atoms with Crippen LogP contribution >= 0.6 is 11.8 Å². The van der Waals surface area contributed by atoms with Gasteiger partial charge in [0.05, 0.1) is 34.1 Å². The number of thioether (sulfide) groups is 1. The molecule has 0 fully saturated rings. The van der Waals surface area contributed by atoms with Gasteiger partial charge >= 0.3 is 0 Å². The first kappa shape index (κ1) is 22.1. The normalized spacial score (nSPS) is 10.8. The summed E-state index contributed by atoms with van der Waals surface area (Å²) in [6, 6.07) is 12.2. The summed E-state index contributed by atoms with van der Waals surface area (Å²) in [4.78, 5) is 13.6. The molecule has 0 heterocycles. The molecule has 2 N–H and O–H groups in total. The van der Waals surface area contributed by atoms with Crippen LogP contribution in [0.15, 0.2) is 36.4 Å². The second-order valence-corrected chi connectivity index (χ2v) is 8.04. The van der Waals surface area contributed by atoms with Crippen molar-refractivity contribution in [1.29, 1.82) is 0 Å². The summed E-state index contributed by atoms with van der Waals surface area (Å²) in [5.41, 5.74) is 4.73. The number of nitrogens with one attached hydrogen (secondary N) is 2. The molecule has 6 heteroatoms. The smallest absolute Gasteiger partial charge is 0.230 e. The maximum absolute atomic E-state index is 12.3. The highest BCUT2D eigenvalue weighted by Gasteiger charge is 2.10. The molecular weight excluding hydrogens is 372 g/mol. The van der Waals surface area contributed by atoms with E-state index < -0.39 is 0 Å². The minimum Gasteiger partial charge on any atom is -0.493 e. The molecule has 5 nitrogen and oxygen atoms in total. The summed E-state index contributed by atoms with van der Waals surface area (Å²) in [6.45, 7) is 3.55. The minimum absolute atomic E-state index is 0.0510. The highest BCUT2D eigenvalue weighted by Crippen LogP contribution is 2.31. The number of methoxy groups -OCH3 is 2. The van der Waals surface area contributed by atoms with Gasteiger partial charge in [-0.3, -0.25) is 4.79 Å². The first-order chi connectivity index (χ1) is 13.4. The van der Waals surface area contributed by atoms with Crippen LogP contribution in [0.4, 0.5) is 0 Å². The average Bonchev–Trinajstić information content (AvgIpc) is 2.67. The molecule has 28 heavy (non-hydrogen) atoms. The van der Waals surface area contributed by atoms with Gasteiger partial charge in [0.15, 0.2) is 11.5 Å². The van der Waals surface area contributed by atoms with Gasteiger partial charge in [-0.2, -0.15) is 0 Å². The third-order valence-corrected chi connectivity index (χ3v) is 5.45. The first-order valence-corrected chi connectivity index (χ1v) is 10.5. The van der Waals surface area contributed by atoms with Crippen molar-refractivity contribution in [3.8, 4) is 11.5 Å². The molecule has 0 spiro atoms. The summed E-state index contributed by atoms with van der Waals surface area (Å²) >= 11 is 1.60. The number of quaternary nitrogens is 1. The number of carbonyl (C=O) groups is 1. The lowest BCUT2D eigenvalue weighted by atomic mass is 10.1. The van der Waals surface area contributed by atoms with E-state index in [0.717, 1.165) is 29.2 Å². The number of aryl methyl sites for hydroxylation is 1. The first-order valence-electron chi connectivity index (χ1n) is 9.36. The topological polar surface area (TPSA) is 52.0 Å². The molecule has 0 aliphatic heterocycles. The Bertz CT molecular complexity index is 793. The van der Waals surface area contributed by atoms with E-state index in [2.05, 4.69) is 31.5 Å². The SMILES string of the molecule is COc1cc(C)c(CSCC(=O)NCc2ccccc2C[NH+](C)C)cc1OC. The molecule has 2 aromatic carbocycles. The lowest BCUT2D eigenvalue weighted by Crippen LogP contribution is -3.04. The molecule has 2 rings (SSSR count). The molecule has 0 radical (unpaired) electrons. The standard InChI is InChI=1S/C22H30N2O3S/c1-16-10-20(26-4)21(27-5)11-19(16)14-28-15-22(25)23-12-17-8-6-7-9-18(17)13-24(2)3/h6-11H,12-15H2,1-5H3,(H,23,25)/p+1. The van der Waals surface area contributed by atoms with Crippen LogP contribution in [0.5, 0.6) is 11.5 Å². The monoisotopic (exact) mass is 403 g/mol. The molecule has 0 aliphatic carbocycles. The Labute approximate surface area is 172 Å². The van der Waals surface area contributed by atoms with Gasteiger partial charge < -0.3 is 19.7 Å². The van der Waals surface area contributed by atoms with E-state index >= 15 is 0 Å². The Morgan fingerprint density at radius 1 is 1.04 bits per heavy atom. The number of rotatable bonds is 10. The molecule has 0 bridgehead atoms. The quantitative estimate of drug-likeness (QED) is 0.639. The number of hydrogen-bond acceptors (Lipinski definition) is 4. The molecule has 0 aliphatic rings. The molecule has 0 saturated heterocycles. The zero-order valence-corrected chi connectivity index (χ0v) is 18.2. The Morgan fingerprint density at radius 2 is 1.68 bits per heavy atom. The summed E-state index contributed by atoms with van der Waals surface area (Å²) in [6.07, 6.45) is 0. The molecule has 0 aromatic heterocycles. The highest BCUT2D eigenvalue weighted by atomic mass is 32.2. The number of ether oxygens (including phenoxy) is 2. The van der Waals surface area contributed by atoms with Crippen molar-refractivity contribution in [3.05, 3.63) is 58.7 Å². The van der Waals surface area contributed by atoms with Crippen LogP contribution in [-0.2, 0) is 23.6 Å². The van der Waals surface area contributed by atoms with Crippen molar-refractivity contribution in [3.63, 3.8) is 0 Å². The fourth-order valence-electron chi connectivity index (χ4n) is 2.96. The van der Waals surface area contributed by atoms with Gasteiger partial charge in [0, 0.05) is 17.9 Å². The van der Waals surface area contributed by atoms with Gasteiger partial charge in [0.2, 0.25) is 5.91 Å². The van der Waals surface area contributed by atoms with E-state index in [4.69, 9.17) is 9.47 Å². The van der Waals surface area contributed by atoms with Gasteiger partial charge in [-0.1, -0.05) is 24.3 Å². The van der Waals surface area contributed by atoms with E-state index in [0.29, 0.717) is 18.0 Å². The van der Waals surface area contributed by atoms with Crippen LogP contribution in [0, 0.1) is 6.92 Å². The van der Waals surface area contributed by atoms with E-state index in [9.17, 15) is 4.79 Å². The van der Waals surface area contributed by atoms with Crippen molar-refractivity contribution < 1.29 is 19.2 Å². The second kappa shape index (κ2) is 11.0. The molecule has 152 valence electrons. The summed E-state index contributed by atoms with van der Waals surface area (Å²) in [5.74, 6) is 2.67. The van der Waals surface area contributed by atoms with Crippen LogP contribution < -0.4 is 19.7 Å². The Kier molecular flexibility index (Phi) is 8.67. The van der Waals surface area contributed by atoms with Crippen molar-refractivity contribution in [2.75, 3.05) is 34.1 Å². The Balaban J connectivity index is 1.86. The van der Waals surface area contributed by atoms with Crippen molar-refractivity contribution in [1.82, 2.24) is 5.32 Å². The largest absolute Gasteiger partial charge is 0.493 e. The molecule has 0 saturated carbocycles. The number of amides is 1. The predicted octanol–water partition coefficient (Wildman–Crippen LogP) is 2.21. The van der Waals surface area contributed by atoms with Gasteiger partial charge in [0.25, 0.3) is 0 Å². The fraction of sp³-hybridized carbons (Fsp3) is 0.409. The van der Waals surface area contributed by atoms with Crippen LogP contribution in [0.1, 0.15) is 22.3 Å². The maximum atomic E-state index is 12.3. The van der Waals surface area contributed by atoms with E-state index in [1.807, 2.05) is 31.2 Å². The van der Waals surface area contributed by atoms with Crippen LogP contribution in [0.3, 0.4) is 0 Å². The lowest BCUT2D eigenvalue weighted by molar-refractivity contribution is -0.872. The van der Waals surface area contributed by atoms with Crippen LogP contribution in [0.25, 0.3) is 0 Å². The maximum Gasteiger partial charge on any atom is 0.230 e. The lowest BCUT2D eigenvalue weighted by Gasteiger charge is -2.13. The molecule has 0 atom stereocenters. The van der Waals surface area contributed by atoms with Crippen molar-refractivity contribution in [2.24, 2.45) is 0 Å². The van der Waals surface area contributed by atoms with Crippen LogP contribution in [0.2, 0.25) is 0 Å². The Hall–Kier alpha value is -2.18. The molecule has 0 unspecified atom stereocenters. The van der Waals surface area contributed by atoms with Gasteiger partial charge in [0.1, 0.15) is 6.54 Å². The zero-order chi connectivity index (χ0) is 20.5. The fourth-order valence-corrected chi connectivity index (χ4v) is 3.88. The van der Waals surface area contributed by atoms with Crippen LogP contribution in [-0.4, -0.2) is 40.0 Å². The van der Waals surface area contributed by atoms with Gasteiger partial charge in [-0.15, -0.1) is 11.8 Å². The summed E-state index contributed by atoms with van der Waals surface area (Å²) in [7, 11) is 7.52. The second-order valence-electron chi connectivity index (χ2n) is 7.06. The van der Waals surface area contributed by atoms with E-state index in [1.165, 1.54) is 16.0 Å². The number of hydrogen-bond donors (Lipinski definition) is 2.